The summed E-state index contributed by atoms with van der Waals surface area (Å²) < 4.78 is 0. The van der Waals surface area contributed by atoms with Crippen LogP contribution in [-0.2, 0) is 6.42 Å². The minimum atomic E-state index is -0.00512. The van der Waals surface area contributed by atoms with Crippen molar-refractivity contribution in [1.29, 1.82) is 0 Å². The first-order valence-electron chi connectivity index (χ1n) is 9.41. The molecule has 28 heavy (non-hydrogen) atoms. The van der Waals surface area contributed by atoms with E-state index >= 15 is 0 Å². The third kappa shape index (κ3) is 3.33. The molecule has 4 heterocycles. The number of fused-ring (bicyclic) bond motifs is 1. The van der Waals surface area contributed by atoms with Gasteiger partial charge in [-0.05, 0) is 49.6 Å². The van der Waals surface area contributed by atoms with Crippen LogP contribution >= 0.6 is 0 Å². The molecule has 142 valence electrons. The Bertz CT molecular complexity index is 1170. The molecule has 6 nitrogen and oxygen atoms in total. The summed E-state index contributed by atoms with van der Waals surface area (Å²) in [6.07, 6.45) is 3.87. The van der Waals surface area contributed by atoms with Crippen molar-refractivity contribution >= 4 is 16.8 Å². The Kier molecular flexibility index (Phi) is 4.55. The lowest BCUT2D eigenvalue weighted by atomic mass is 10.0. The van der Waals surface area contributed by atoms with E-state index < -0.39 is 0 Å². The third-order valence-electron chi connectivity index (χ3n) is 5.09. The molecule has 4 aromatic rings. The standard InChI is InChI=1S/C22H23N5O/c1-12(2)18-9-16(5-6-23-18)19-10-17-7-15(11-24-22(17)25-19)8-20(28)21-13(3)14(4)26-27-21/h5-7,9-12H,8H2,1-4H3,(H,24,25)(H,26,27). The minimum absolute atomic E-state index is 0.00512. The van der Waals surface area contributed by atoms with Crippen LogP contribution in [0.15, 0.2) is 36.7 Å². The summed E-state index contributed by atoms with van der Waals surface area (Å²) in [5.41, 5.74) is 7.14. The van der Waals surface area contributed by atoms with Crippen LogP contribution in [0.2, 0.25) is 0 Å². The molecule has 6 heteroatoms. The summed E-state index contributed by atoms with van der Waals surface area (Å²) in [4.78, 5) is 24.9. The monoisotopic (exact) mass is 373 g/mol. The predicted octanol–water partition coefficient (Wildman–Crippen LogP) is 4.51. The summed E-state index contributed by atoms with van der Waals surface area (Å²) in [6, 6.07) is 8.17. The van der Waals surface area contributed by atoms with Crippen LogP contribution in [0.5, 0.6) is 0 Å². The lowest BCUT2D eigenvalue weighted by molar-refractivity contribution is 0.0987. The van der Waals surface area contributed by atoms with E-state index in [-0.39, 0.29) is 12.2 Å². The second-order valence-electron chi connectivity index (χ2n) is 7.51. The number of aromatic nitrogens is 5. The fraction of sp³-hybridized carbons (Fsp3) is 0.273. The molecule has 0 radical (unpaired) electrons. The molecule has 0 aromatic carbocycles. The number of carbonyl (C=O) groups excluding carboxylic acids is 1. The summed E-state index contributed by atoms with van der Waals surface area (Å²) >= 11 is 0. The number of H-pyrrole nitrogens is 2. The average Bonchev–Trinajstić information content (AvgIpc) is 3.25. The number of ketones is 1. The van der Waals surface area contributed by atoms with E-state index in [0.717, 1.165) is 44.8 Å². The Morgan fingerprint density at radius 3 is 2.68 bits per heavy atom. The van der Waals surface area contributed by atoms with Crippen molar-refractivity contribution in [2.75, 3.05) is 0 Å². The Labute approximate surface area is 163 Å². The van der Waals surface area contributed by atoms with Gasteiger partial charge in [0.15, 0.2) is 5.78 Å². The molecule has 0 aliphatic heterocycles. The highest BCUT2D eigenvalue weighted by Crippen LogP contribution is 2.26. The highest BCUT2D eigenvalue weighted by molar-refractivity contribution is 5.97. The number of carbonyl (C=O) groups is 1. The van der Waals surface area contributed by atoms with E-state index in [1.54, 1.807) is 6.20 Å². The molecule has 4 rings (SSSR count). The van der Waals surface area contributed by atoms with E-state index in [2.05, 4.69) is 51.1 Å². The van der Waals surface area contributed by atoms with Gasteiger partial charge in [-0.15, -0.1) is 0 Å². The summed E-state index contributed by atoms with van der Waals surface area (Å²) in [7, 11) is 0. The molecule has 0 bridgehead atoms. The fourth-order valence-electron chi connectivity index (χ4n) is 3.27. The molecular weight excluding hydrogens is 350 g/mol. The molecule has 0 amide bonds. The predicted molar refractivity (Wildman–Crippen MR) is 110 cm³/mol. The van der Waals surface area contributed by atoms with Gasteiger partial charge in [0, 0.05) is 52.4 Å². The van der Waals surface area contributed by atoms with Crippen LogP contribution in [0.3, 0.4) is 0 Å². The summed E-state index contributed by atoms with van der Waals surface area (Å²) in [5, 5.41) is 7.99. The Morgan fingerprint density at radius 1 is 1.14 bits per heavy atom. The molecule has 2 N–H and O–H groups in total. The summed E-state index contributed by atoms with van der Waals surface area (Å²) in [6.45, 7) is 8.08. The highest BCUT2D eigenvalue weighted by Gasteiger charge is 2.16. The summed E-state index contributed by atoms with van der Waals surface area (Å²) in [5.74, 6) is 0.365. The van der Waals surface area contributed by atoms with Gasteiger partial charge in [-0.1, -0.05) is 13.8 Å². The zero-order valence-electron chi connectivity index (χ0n) is 16.5. The van der Waals surface area contributed by atoms with Gasteiger partial charge in [0.25, 0.3) is 0 Å². The smallest absolute Gasteiger partial charge is 0.187 e. The maximum Gasteiger partial charge on any atom is 0.187 e. The minimum Gasteiger partial charge on any atom is -0.339 e. The van der Waals surface area contributed by atoms with Gasteiger partial charge in [0.1, 0.15) is 11.3 Å². The van der Waals surface area contributed by atoms with Crippen molar-refractivity contribution in [3.8, 4) is 11.3 Å². The molecule has 0 atom stereocenters. The van der Waals surface area contributed by atoms with Crippen LogP contribution in [0, 0.1) is 13.8 Å². The average molecular weight is 373 g/mol. The number of hydrogen-bond donors (Lipinski definition) is 2. The Balaban J connectivity index is 1.62. The van der Waals surface area contributed by atoms with E-state index in [9.17, 15) is 4.79 Å². The van der Waals surface area contributed by atoms with Crippen molar-refractivity contribution in [2.45, 2.75) is 40.0 Å². The van der Waals surface area contributed by atoms with Crippen LogP contribution in [0.4, 0.5) is 0 Å². The maximum atomic E-state index is 12.6. The van der Waals surface area contributed by atoms with Crippen molar-refractivity contribution in [2.24, 2.45) is 0 Å². The van der Waals surface area contributed by atoms with Gasteiger partial charge in [-0.3, -0.25) is 14.9 Å². The van der Waals surface area contributed by atoms with Gasteiger partial charge < -0.3 is 4.98 Å². The number of aromatic amines is 2. The number of nitrogens with zero attached hydrogens (tertiary/aromatic N) is 3. The second-order valence-corrected chi connectivity index (χ2v) is 7.51. The molecular formula is C22H23N5O. The molecule has 0 saturated carbocycles. The first-order chi connectivity index (χ1) is 13.4. The van der Waals surface area contributed by atoms with Crippen molar-refractivity contribution in [3.05, 3.63) is 64.9 Å². The maximum absolute atomic E-state index is 12.6. The molecule has 0 aliphatic carbocycles. The van der Waals surface area contributed by atoms with Crippen molar-refractivity contribution in [1.82, 2.24) is 25.1 Å². The van der Waals surface area contributed by atoms with Gasteiger partial charge in [0.05, 0.1) is 0 Å². The van der Waals surface area contributed by atoms with Crippen molar-refractivity contribution < 1.29 is 4.79 Å². The lowest BCUT2D eigenvalue weighted by Gasteiger charge is -2.05. The second kappa shape index (κ2) is 7.03. The number of nitrogens with one attached hydrogen (secondary N) is 2. The number of Topliss-reactive ketones (excluding diaryl/α,β-unsaturated/α-hetero) is 1. The van der Waals surface area contributed by atoms with Gasteiger partial charge in [-0.25, -0.2) is 4.98 Å². The quantitative estimate of drug-likeness (QED) is 0.504. The number of rotatable bonds is 5. The van der Waals surface area contributed by atoms with Gasteiger partial charge >= 0.3 is 0 Å². The van der Waals surface area contributed by atoms with E-state index in [4.69, 9.17) is 0 Å². The van der Waals surface area contributed by atoms with Crippen LogP contribution in [0.1, 0.15) is 52.8 Å². The number of aryl methyl sites for hydroxylation is 1. The highest BCUT2D eigenvalue weighted by atomic mass is 16.1. The zero-order chi connectivity index (χ0) is 19.8. The van der Waals surface area contributed by atoms with Crippen molar-refractivity contribution in [3.63, 3.8) is 0 Å². The normalized spacial score (nSPS) is 11.5. The Morgan fingerprint density at radius 2 is 1.96 bits per heavy atom. The topological polar surface area (TPSA) is 87.3 Å². The molecule has 0 saturated heterocycles. The molecule has 0 spiro atoms. The molecule has 0 aliphatic rings. The number of pyridine rings is 2. The van der Waals surface area contributed by atoms with E-state index in [1.165, 1.54) is 0 Å². The largest absolute Gasteiger partial charge is 0.339 e. The van der Waals surface area contributed by atoms with Crippen LogP contribution in [-0.4, -0.2) is 30.9 Å². The van der Waals surface area contributed by atoms with Crippen LogP contribution in [0.25, 0.3) is 22.3 Å². The fourth-order valence-corrected chi connectivity index (χ4v) is 3.27. The van der Waals surface area contributed by atoms with Gasteiger partial charge in [-0.2, -0.15) is 5.10 Å². The molecule has 0 fully saturated rings. The first-order valence-corrected chi connectivity index (χ1v) is 9.41. The van der Waals surface area contributed by atoms with E-state index in [1.807, 2.05) is 32.2 Å². The molecule has 0 unspecified atom stereocenters. The van der Waals surface area contributed by atoms with E-state index in [0.29, 0.717) is 11.6 Å². The van der Waals surface area contributed by atoms with Gasteiger partial charge in [0.2, 0.25) is 0 Å². The molecule has 4 aromatic heterocycles. The van der Waals surface area contributed by atoms with Crippen LogP contribution < -0.4 is 0 Å². The third-order valence-corrected chi connectivity index (χ3v) is 5.09. The SMILES string of the molecule is Cc1[nH]nc(C(=O)Cc2cnc3[nH]c(-c4ccnc(C(C)C)c4)cc3c2)c1C. The Hall–Kier alpha value is -3.28. The zero-order valence-corrected chi connectivity index (χ0v) is 16.5. The number of hydrogen-bond acceptors (Lipinski definition) is 4. The lowest BCUT2D eigenvalue weighted by Crippen LogP contribution is -2.06. The first kappa shape index (κ1) is 18.1.